The molecule has 0 radical (unpaired) electrons. The van der Waals surface area contributed by atoms with E-state index >= 15 is 0 Å². The minimum Gasteiger partial charge on any atom is -0.316 e. The molecule has 0 amide bonds. The van der Waals surface area contributed by atoms with Crippen LogP contribution in [0.2, 0.25) is 10.0 Å². The van der Waals surface area contributed by atoms with E-state index in [9.17, 15) is 8.42 Å². The first-order chi connectivity index (χ1) is 9.96. The summed E-state index contributed by atoms with van der Waals surface area (Å²) in [4.78, 5) is 0.155. The van der Waals surface area contributed by atoms with Gasteiger partial charge in [0, 0.05) is 11.1 Å². The summed E-state index contributed by atoms with van der Waals surface area (Å²) in [6, 6.07) is 4.58. The molecular weight excluding hydrogens is 329 g/mol. The molecule has 0 heterocycles. The highest BCUT2D eigenvalue weighted by Gasteiger charge is 2.35. The van der Waals surface area contributed by atoms with Crippen molar-refractivity contribution in [3.63, 3.8) is 0 Å². The quantitative estimate of drug-likeness (QED) is 0.894. The van der Waals surface area contributed by atoms with Crippen molar-refractivity contribution in [3.05, 3.63) is 28.2 Å². The summed E-state index contributed by atoms with van der Waals surface area (Å²) in [6.45, 7) is 0. The highest BCUT2D eigenvalue weighted by molar-refractivity contribution is 7.92. The summed E-state index contributed by atoms with van der Waals surface area (Å²) < 4.78 is 26.0. The van der Waals surface area contributed by atoms with Crippen LogP contribution in [0.1, 0.15) is 38.5 Å². The van der Waals surface area contributed by atoms with Crippen LogP contribution in [-0.4, -0.2) is 26.8 Å². The van der Waals surface area contributed by atoms with E-state index in [4.69, 9.17) is 23.2 Å². The first-order valence-electron chi connectivity index (χ1n) is 7.33. The van der Waals surface area contributed by atoms with Crippen LogP contribution in [0, 0.1) is 0 Å². The zero-order valence-corrected chi connectivity index (χ0v) is 14.4. The number of hydrogen-bond donors (Lipinski definition) is 1. The lowest BCUT2D eigenvalue weighted by Crippen LogP contribution is -2.43. The van der Waals surface area contributed by atoms with Crippen LogP contribution in [0.15, 0.2) is 23.1 Å². The minimum absolute atomic E-state index is 0.0367. The lowest BCUT2D eigenvalue weighted by molar-refractivity contribution is 0.405. The molecule has 0 aromatic heterocycles. The highest BCUT2D eigenvalue weighted by Crippen LogP contribution is 2.32. The van der Waals surface area contributed by atoms with Crippen LogP contribution in [0.5, 0.6) is 0 Å². The number of sulfone groups is 1. The molecule has 2 unspecified atom stereocenters. The van der Waals surface area contributed by atoms with Crippen molar-refractivity contribution < 1.29 is 8.42 Å². The van der Waals surface area contributed by atoms with E-state index in [0.717, 1.165) is 25.7 Å². The molecule has 0 spiro atoms. The summed E-state index contributed by atoms with van der Waals surface area (Å²) in [5.41, 5.74) is 0. The molecule has 1 fully saturated rings. The van der Waals surface area contributed by atoms with Crippen LogP contribution < -0.4 is 5.32 Å². The Morgan fingerprint density at radius 1 is 1.10 bits per heavy atom. The van der Waals surface area contributed by atoms with Crippen molar-refractivity contribution in [2.24, 2.45) is 0 Å². The third-order valence-corrected chi connectivity index (χ3v) is 7.16. The van der Waals surface area contributed by atoms with Gasteiger partial charge in [-0.2, -0.15) is 0 Å². The van der Waals surface area contributed by atoms with Gasteiger partial charge in [-0.25, -0.2) is 8.42 Å². The van der Waals surface area contributed by atoms with Crippen LogP contribution in [0.25, 0.3) is 0 Å². The maximum atomic E-state index is 13.0. The fourth-order valence-electron chi connectivity index (χ4n) is 3.01. The molecule has 118 valence electrons. The van der Waals surface area contributed by atoms with E-state index in [0.29, 0.717) is 11.4 Å². The summed E-state index contributed by atoms with van der Waals surface area (Å²) in [5, 5.41) is 3.37. The van der Waals surface area contributed by atoms with Gasteiger partial charge in [0.05, 0.1) is 15.2 Å². The minimum atomic E-state index is -3.49. The molecule has 2 rings (SSSR count). The van der Waals surface area contributed by atoms with Gasteiger partial charge < -0.3 is 5.32 Å². The Morgan fingerprint density at radius 3 is 2.43 bits per heavy atom. The number of hydrogen-bond acceptors (Lipinski definition) is 3. The molecule has 2 atom stereocenters. The third-order valence-electron chi connectivity index (χ3n) is 4.17. The number of benzene rings is 1. The standard InChI is InChI=1S/C15H21Cl2NO2S/c1-18-13-6-4-2-3-5-7-14(13)21(19,20)15-10-11(16)8-9-12(15)17/h8-10,13-14,18H,2-7H2,1H3. The van der Waals surface area contributed by atoms with Gasteiger partial charge in [0.2, 0.25) is 0 Å². The van der Waals surface area contributed by atoms with E-state index < -0.39 is 15.1 Å². The van der Waals surface area contributed by atoms with Gasteiger partial charge in [-0.3, -0.25) is 0 Å². The van der Waals surface area contributed by atoms with Crippen LogP contribution in [0.4, 0.5) is 0 Å². The SMILES string of the molecule is CNC1CCCCCCC1S(=O)(=O)c1cc(Cl)ccc1Cl. The van der Waals surface area contributed by atoms with Gasteiger partial charge in [0.1, 0.15) is 0 Å². The number of halogens is 2. The first kappa shape index (κ1) is 17.1. The molecule has 0 aliphatic heterocycles. The Balaban J connectivity index is 2.41. The second-order valence-electron chi connectivity index (χ2n) is 5.54. The number of rotatable bonds is 3. The zero-order valence-electron chi connectivity index (χ0n) is 12.1. The zero-order chi connectivity index (χ0) is 15.5. The largest absolute Gasteiger partial charge is 0.316 e. The fourth-order valence-corrected chi connectivity index (χ4v) is 5.83. The first-order valence-corrected chi connectivity index (χ1v) is 9.63. The van der Waals surface area contributed by atoms with Crippen molar-refractivity contribution in [2.45, 2.75) is 54.7 Å². The normalized spacial score (nSPS) is 24.3. The number of nitrogens with one attached hydrogen (secondary N) is 1. The summed E-state index contributed by atoms with van der Waals surface area (Å²) >= 11 is 12.1. The summed E-state index contributed by atoms with van der Waals surface area (Å²) in [5.74, 6) is 0. The Hall–Kier alpha value is -0.290. The monoisotopic (exact) mass is 349 g/mol. The topological polar surface area (TPSA) is 46.2 Å². The van der Waals surface area contributed by atoms with Crippen molar-refractivity contribution in [3.8, 4) is 0 Å². The van der Waals surface area contributed by atoms with E-state index in [2.05, 4.69) is 5.32 Å². The van der Waals surface area contributed by atoms with Gasteiger partial charge in [-0.1, -0.05) is 48.9 Å². The Kier molecular flexibility index (Phi) is 5.95. The van der Waals surface area contributed by atoms with Gasteiger partial charge >= 0.3 is 0 Å². The molecule has 6 heteroatoms. The molecule has 1 saturated carbocycles. The molecule has 1 aliphatic rings. The van der Waals surface area contributed by atoms with E-state index in [1.807, 2.05) is 7.05 Å². The smallest absolute Gasteiger partial charge is 0.184 e. The average Bonchev–Trinajstić information content (AvgIpc) is 2.41. The summed E-state index contributed by atoms with van der Waals surface area (Å²) in [6.07, 6.45) is 5.78. The van der Waals surface area contributed by atoms with Crippen LogP contribution in [-0.2, 0) is 9.84 Å². The predicted molar refractivity (Wildman–Crippen MR) is 88.0 cm³/mol. The maximum absolute atomic E-state index is 13.0. The Bertz CT molecular complexity index is 589. The van der Waals surface area contributed by atoms with Crippen LogP contribution in [0.3, 0.4) is 0 Å². The van der Waals surface area contributed by atoms with Crippen LogP contribution >= 0.6 is 23.2 Å². The van der Waals surface area contributed by atoms with Gasteiger partial charge in [-0.15, -0.1) is 0 Å². The van der Waals surface area contributed by atoms with Crippen molar-refractivity contribution in [1.29, 1.82) is 0 Å². The van der Waals surface area contributed by atoms with Gasteiger partial charge in [0.15, 0.2) is 9.84 Å². The molecule has 1 N–H and O–H groups in total. The van der Waals surface area contributed by atoms with E-state index in [1.54, 1.807) is 12.1 Å². The Morgan fingerprint density at radius 2 is 1.76 bits per heavy atom. The summed E-state index contributed by atoms with van der Waals surface area (Å²) in [7, 11) is -1.67. The van der Waals surface area contributed by atoms with E-state index in [1.165, 1.54) is 12.5 Å². The molecule has 1 aromatic carbocycles. The second kappa shape index (κ2) is 7.32. The Labute approximate surface area is 136 Å². The highest BCUT2D eigenvalue weighted by atomic mass is 35.5. The van der Waals surface area contributed by atoms with Crippen molar-refractivity contribution in [1.82, 2.24) is 5.32 Å². The fraction of sp³-hybridized carbons (Fsp3) is 0.600. The van der Waals surface area contributed by atoms with Gasteiger partial charge in [-0.05, 0) is 38.1 Å². The molecule has 1 aliphatic carbocycles. The molecule has 0 saturated heterocycles. The third kappa shape index (κ3) is 3.92. The van der Waals surface area contributed by atoms with Gasteiger partial charge in [0.25, 0.3) is 0 Å². The maximum Gasteiger partial charge on any atom is 0.184 e. The lowest BCUT2D eigenvalue weighted by Gasteiger charge is -2.29. The van der Waals surface area contributed by atoms with Crippen molar-refractivity contribution >= 4 is 33.0 Å². The van der Waals surface area contributed by atoms with Crippen molar-refractivity contribution in [2.75, 3.05) is 7.05 Å². The second-order valence-corrected chi connectivity index (χ2v) is 8.52. The predicted octanol–water partition coefficient (Wildman–Crippen LogP) is 4.08. The van der Waals surface area contributed by atoms with E-state index in [-0.39, 0.29) is 16.0 Å². The molecular formula is C15H21Cl2NO2S. The molecule has 21 heavy (non-hydrogen) atoms. The molecule has 0 bridgehead atoms. The lowest BCUT2D eigenvalue weighted by atomic mass is 9.96. The molecule has 1 aromatic rings. The average molecular weight is 350 g/mol. The molecule has 3 nitrogen and oxygen atoms in total.